The summed E-state index contributed by atoms with van der Waals surface area (Å²) in [6, 6.07) is 30.9. The quantitative estimate of drug-likeness (QED) is 0.232. The number of para-hydroxylation sites is 2. The number of aromatic nitrogens is 2. The molecule has 0 saturated heterocycles. The zero-order chi connectivity index (χ0) is 27.2. The number of halogens is 3. The Morgan fingerprint density at radius 1 is 0.625 bits per heavy atom. The van der Waals surface area contributed by atoms with E-state index in [2.05, 4.69) is 10.3 Å². The molecule has 0 bridgehead atoms. The molecule has 2 heterocycles. The number of nitrogens with zero attached hydrogens (tertiary/aromatic N) is 2. The van der Waals surface area contributed by atoms with Gasteiger partial charge in [-0.1, -0.05) is 66.7 Å². The largest absolute Gasteiger partial charge is 0.464 e. The van der Waals surface area contributed by atoms with Crippen molar-refractivity contribution in [2.24, 2.45) is 0 Å². The van der Waals surface area contributed by atoms with Crippen molar-refractivity contribution < 1.29 is 17.9 Å². The van der Waals surface area contributed by atoms with Crippen molar-refractivity contribution in [1.29, 1.82) is 0 Å². The summed E-state index contributed by atoms with van der Waals surface area (Å²) in [6.07, 6.45) is 1.52. The molecule has 1 atom stereocenters. The number of benzene rings is 5. The molecule has 0 spiro atoms. The van der Waals surface area contributed by atoms with Gasteiger partial charge in [-0.05, 0) is 58.7 Å². The van der Waals surface area contributed by atoms with E-state index in [0.717, 1.165) is 62.6 Å². The van der Waals surface area contributed by atoms with Crippen LogP contribution in [0, 0.1) is 17.5 Å². The molecule has 0 fully saturated rings. The highest BCUT2D eigenvalue weighted by Crippen LogP contribution is 2.37. The lowest BCUT2D eigenvalue weighted by atomic mass is 9.99. The zero-order valence-electron chi connectivity index (χ0n) is 20.9. The van der Waals surface area contributed by atoms with Crippen LogP contribution in [0.3, 0.4) is 0 Å². The molecule has 4 nitrogen and oxygen atoms in total. The summed E-state index contributed by atoms with van der Waals surface area (Å²) in [4.78, 5) is 9.45. The second kappa shape index (κ2) is 9.54. The second-order valence-electron chi connectivity index (χ2n) is 9.55. The fourth-order valence-electron chi connectivity index (χ4n) is 4.87. The molecular weight excluding hydrogens is 511 g/mol. The standard InChI is InChI=1S/C33H20F3N3O/c34-25-15-24(16-26(35)32(25)36)20-7-5-19(6-8-20)23-13-14-27-29(17-23)37-18-30(38-27)21-9-11-22(12-10-21)33-39-28-3-1-2-4-31(28)40-33/h1-18,33,39H. The van der Waals surface area contributed by atoms with Crippen LogP contribution >= 0.6 is 0 Å². The summed E-state index contributed by atoms with van der Waals surface area (Å²) in [5.74, 6) is -3.06. The summed E-state index contributed by atoms with van der Waals surface area (Å²) in [5, 5.41) is 3.38. The summed E-state index contributed by atoms with van der Waals surface area (Å²) in [6.45, 7) is 0. The fraction of sp³-hybridized carbons (Fsp3) is 0.0303. The summed E-state index contributed by atoms with van der Waals surface area (Å²) < 4.78 is 46.6. The maximum atomic E-state index is 13.6. The van der Waals surface area contributed by atoms with Crippen LogP contribution in [0.1, 0.15) is 11.8 Å². The number of hydrogen-bond acceptors (Lipinski definition) is 4. The molecular formula is C33H20F3N3O. The normalized spacial score (nSPS) is 14.0. The van der Waals surface area contributed by atoms with Crippen LogP contribution in [0.15, 0.2) is 109 Å². The Balaban J connectivity index is 1.11. The Labute approximate surface area is 227 Å². The summed E-state index contributed by atoms with van der Waals surface area (Å²) >= 11 is 0. The van der Waals surface area contributed by atoms with Crippen LogP contribution in [0.2, 0.25) is 0 Å². The molecule has 194 valence electrons. The van der Waals surface area contributed by atoms with Gasteiger partial charge in [0.2, 0.25) is 0 Å². The average molecular weight is 532 g/mol. The van der Waals surface area contributed by atoms with E-state index in [1.807, 2.05) is 78.9 Å². The second-order valence-corrected chi connectivity index (χ2v) is 9.55. The van der Waals surface area contributed by atoms with Crippen molar-refractivity contribution in [2.75, 3.05) is 5.32 Å². The predicted molar refractivity (Wildman–Crippen MR) is 149 cm³/mol. The minimum absolute atomic E-state index is 0.236. The lowest BCUT2D eigenvalue weighted by molar-refractivity contribution is 0.260. The molecule has 1 aliphatic heterocycles. The lowest BCUT2D eigenvalue weighted by Gasteiger charge is -2.12. The van der Waals surface area contributed by atoms with E-state index in [4.69, 9.17) is 9.72 Å². The van der Waals surface area contributed by atoms with E-state index in [1.165, 1.54) is 0 Å². The highest BCUT2D eigenvalue weighted by atomic mass is 19.2. The molecule has 0 saturated carbocycles. The molecule has 6 aromatic rings. The summed E-state index contributed by atoms with van der Waals surface area (Å²) in [7, 11) is 0. The SMILES string of the molecule is Fc1cc(-c2ccc(-c3ccc4nc(-c5ccc(C6Nc7ccccc7O6)cc5)cnc4c3)cc2)cc(F)c1F. The van der Waals surface area contributed by atoms with E-state index < -0.39 is 17.5 Å². The van der Waals surface area contributed by atoms with Gasteiger partial charge >= 0.3 is 0 Å². The van der Waals surface area contributed by atoms with Gasteiger partial charge in [-0.2, -0.15) is 0 Å². The topological polar surface area (TPSA) is 47.0 Å². The van der Waals surface area contributed by atoms with Gasteiger partial charge < -0.3 is 10.1 Å². The maximum Gasteiger partial charge on any atom is 0.196 e. The van der Waals surface area contributed by atoms with Gasteiger partial charge in [0, 0.05) is 11.1 Å². The molecule has 0 amide bonds. The van der Waals surface area contributed by atoms with E-state index in [9.17, 15) is 13.2 Å². The van der Waals surface area contributed by atoms with Gasteiger partial charge in [-0.25, -0.2) is 18.2 Å². The third-order valence-electron chi connectivity index (χ3n) is 7.01. The van der Waals surface area contributed by atoms with E-state index in [-0.39, 0.29) is 11.8 Å². The van der Waals surface area contributed by atoms with Gasteiger partial charge in [0.1, 0.15) is 5.75 Å². The lowest BCUT2D eigenvalue weighted by Crippen LogP contribution is -2.09. The molecule has 7 heteroatoms. The van der Waals surface area contributed by atoms with Crippen LogP contribution < -0.4 is 10.1 Å². The van der Waals surface area contributed by atoms with Gasteiger partial charge in [0.15, 0.2) is 23.7 Å². The number of hydrogen-bond donors (Lipinski definition) is 1. The molecule has 5 aromatic carbocycles. The number of nitrogens with one attached hydrogen (secondary N) is 1. The molecule has 1 unspecified atom stereocenters. The van der Waals surface area contributed by atoms with E-state index in [0.29, 0.717) is 5.56 Å². The highest BCUT2D eigenvalue weighted by molar-refractivity contribution is 5.83. The molecule has 40 heavy (non-hydrogen) atoms. The Bertz CT molecular complexity index is 1840. The highest BCUT2D eigenvalue weighted by Gasteiger charge is 2.22. The van der Waals surface area contributed by atoms with Crippen LogP contribution in [0.5, 0.6) is 5.75 Å². The Morgan fingerprint density at radius 2 is 1.27 bits per heavy atom. The Hall–Kier alpha value is -5.17. The third kappa shape index (κ3) is 4.31. The molecule has 7 rings (SSSR count). The van der Waals surface area contributed by atoms with Gasteiger partial charge in [0.25, 0.3) is 0 Å². The predicted octanol–water partition coefficient (Wildman–Crippen LogP) is 8.55. The first-order chi connectivity index (χ1) is 19.5. The van der Waals surface area contributed by atoms with Crippen molar-refractivity contribution in [2.45, 2.75) is 6.23 Å². The van der Waals surface area contributed by atoms with Gasteiger partial charge in [0.05, 0.1) is 28.6 Å². The van der Waals surface area contributed by atoms with Crippen LogP contribution in [0.25, 0.3) is 44.5 Å². The maximum absolute atomic E-state index is 13.6. The number of anilines is 1. The van der Waals surface area contributed by atoms with Crippen molar-refractivity contribution in [3.63, 3.8) is 0 Å². The minimum atomic E-state index is -1.47. The minimum Gasteiger partial charge on any atom is -0.464 e. The van der Waals surface area contributed by atoms with E-state index in [1.54, 1.807) is 18.3 Å². The Kier molecular flexibility index (Phi) is 5.70. The first-order valence-electron chi connectivity index (χ1n) is 12.7. The monoisotopic (exact) mass is 531 g/mol. The molecule has 1 aliphatic rings. The molecule has 1 N–H and O–H groups in total. The van der Waals surface area contributed by atoms with Crippen molar-refractivity contribution in [3.8, 4) is 39.3 Å². The smallest absolute Gasteiger partial charge is 0.196 e. The molecule has 1 aromatic heterocycles. The summed E-state index contributed by atoms with van der Waals surface area (Å²) in [5.41, 5.74) is 7.88. The average Bonchev–Trinajstić information content (AvgIpc) is 3.44. The third-order valence-corrected chi connectivity index (χ3v) is 7.01. The number of ether oxygens (including phenoxy) is 1. The number of fused-ring (bicyclic) bond motifs is 2. The fourth-order valence-corrected chi connectivity index (χ4v) is 4.87. The van der Waals surface area contributed by atoms with Crippen LogP contribution in [-0.4, -0.2) is 9.97 Å². The van der Waals surface area contributed by atoms with Gasteiger partial charge in [-0.3, -0.25) is 4.98 Å². The van der Waals surface area contributed by atoms with Crippen molar-refractivity contribution in [3.05, 3.63) is 132 Å². The zero-order valence-corrected chi connectivity index (χ0v) is 20.9. The van der Waals surface area contributed by atoms with Crippen molar-refractivity contribution in [1.82, 2.24) is 9.97 Å². The number of rotatable bonds is 4. The van der Waals surface area contributed by atoms with Crippen LogP contribution in [-0.2, 0) is 0 Å². The molecule has 0 aliphatic carbocycles. The van der Waals surface area contributed by atoms with Crippen LogP contribution in [0.4, 0.5) is 18.9 Å². The van der Waals surface area contributed by atoms with Crippen molar-refractivity contribution >= 4 is 16.7 Å². The van der Waals surface area contributed by atoms with E-state index >= 15 is 0 Å². The van der Waals surface area contributed by atoms with Gasteiger partial charge in [-0.15, -0.1) is 0 Å². The molecule has 0 radical (unpaired) electrons. The first kappa shape index (κ1) is 23.9. The first-order valence-corrected chi connectivity index (χ1v) is 12.7. The Morgan fingerprint density at radius 3 is 2.00 bits per heavy atom.